The molecular weight excluding hydrogens is 458 g/mol. The number of methoxy groups -OCH3 is 2. The lowest BCUT2D eigenvalue weighted by Gasteiger charge is -2.28. The molecule has 5 rings (SSSR count). The quantitative estimate of drug-likeness (QED) is 0.428. The van der Waals surface area contributed by atoms with Crippen LogP contribution in [-0.4, -0.2) is 45.9 Å². The third-order valence-electron chi connectivity index (χ3n) is 5.63. The number of aromatic nitrogens is 4. The Bertz CT molecular complexity index is 1440. The van der Waals surface area contributed by atoms with Crippen molar-refractivity contribution < 1.29 is 18.9 Å². The highest BCUT2D eigenvalue weighted by molar-refractivity contribution is 5.72. The zero-order chi connectivity index (χ0) is 25.3. The van der Waals surface area contributed by atoms with Crippen LogP contribution in [0.25, 0.3) is 11.2 Å². The monoisotopic (exact) mass is 485 g/mol. The van der Waals surface area contributed by atoms with Crippen LogP contribution in [0.4, 0.5) is 0 Å². The van der Waals surface area contributed by atoms with Crippen molar-refractivity contribution in [1.82, 2.24) is 19.5 Å². The highest BCUT2D eigenvalue weighted by atomic mass is 16.6. The molecule has 2 N–H and O–H groups in total. The van der Waals surface area contributed by atoms with Gasteiger partial charge in [-0.3, -0.25) is 0 Å². The lowest BCUT2D eigenvalue weighted by molar-refractivity contribution is 0.0867. The predicted octanol–water partition coefficient (Wildman–Crippen LogP) is 3.49. The van der Waals surface area contributed by atoms with Gasteiger partial charge in [-0.1, -0.05) is 11.8 Å². The molecule has 4 heterocycles. The zero-order valence-electron chi connectivity index (χ0n) is 20.6. The van der Waals surface area contributed by atoms with Crippen molar-refractivity contribution in [1.29, 1.82) is 0 Å². The molecule has 0 amide bonds. The summed E-state index contributed by atoms with van der Waals surface area (Å²) in [6.07, 6.45) is 4.92. The molecule has 1 unspecified atom stereocenters. The molecule has 3 aromatic heterocycles. The number of nitrogens with zero attached hydrogens (tertiary/aromatic N) is 4. The summed E-state index contributed by atoms with van der Waals surface area (Å²) in [5.41, 5.74) is 9.53. The summed E-state index contributed by atoms with van der Waals surface area (Å²) < 4.78 is 25.1. The number of hydrogen-bond acceptors (Lipinski definition) is 8. The van der Waals surface area contributed by atoms with Gasteiger partial charge in [-0.15, -0.1) is 0 Å². The fourth-order valence-electron chi connectivity index (χ4n) is 3.87. The van der Waals surface area contributed by atoms with E-state index in [4.69, 9.17) is 24.7 Å². The number of fused-ring (bicyclic) bond motifs is 2. The number of imidazole rings is 1. The van der Waals surface area contributed by atoms with E-state index in [2.05, 4.69) is 26.8 Å². The normalized spacial score (nSPS) is 14.8. The molecule has 184 valence electrons. The summed E-state index contributed by atoms with van der Waals surface area (Å²) in [4.78, 5) is 13.3. The third-order valence-corrected chi connectivity index (χ3v) is 5.63. The molecule has 36 heavy (non-hydrogen) atoms. The minimum Gasteiger partial charge on any atom is -0.493 e. The van der Waals surface area contributed by atoms with E-state index in [0.29, 0.717) is 36.3 Å². The van der Waals surface area contributed by atoms with Crippen molar-refractivity contribution in [3.05, 3.63) is 65.7 Å². The Morgan fingerprint density at radius 2 is 1.97 bits per heavy atom. The lowest BCUT2D eigenvalue weighted by Crippen LogP contribution is -2.29. The van der Waals surface area contributed by atoms with Crippen LogP contribution in [0.15, 0.2) is 49.1 Å². The smallest absolute Gasteiger partial charge is 0.212 e. The number of benzene rings is 1. The van der Waals surface area contributed by atoms with E-state index in [9.17, 15) is 0 Å². The van der Waals surface area contributed by atoms with Gasteiger partial charge in [0.2, 0.25) is 11.6 Å². The largest absolute Gasteiger partial charge is 0.493 e. The fourth-order valence-corrected chi connectivity index (χ4v) is 3.87. The van der Waals surface area contributed by atoms with E-state index in [1.807, 2.05) is 42.7 Å². The van der Waals surface area contributed by atoms with Gasteiger partial charge >= 0.3 is 0 Å². The Morgan fingerprint density at radius 1 is 1.11 bits per heavy atom. The Kier molecular flexibility index (Phi) is 6.12. The molecule has 0 saturated carbocycles. The number of nitrogens with two attached hydrogens (primary N) is 1. The topological polar surface area (TPSA) is 107 Å². The van der Waals surface area contributed by atoms with Crippen LogP contribution in [0.2, 0.25) is 0 Å². The van der Waals surface area contributed by atoms with Gasteiger partial charge in [0.1, 0.15) is 12.1 Å². The van der Waals surface area contributed by atoms with Crippen LogP contribution in [-0.2, 0) is 6.54 Å². The first-order valence-electron chi connectivity index (χ1n) is 11.5. The van der Waals surface area contributed by atoms with Crippen molar-refractivity contribution in [3.8, 4) is 35.0 Å². The van der Waals surface area contributed by atoms with Gasteiger partial charge in [-0.2, -0.15) is 0 Å². The first-order valence-corrected chi connectivity index (χ1v) is 11.5. The molecule has 0 bridgehead atoms. The summed E-state index contributed by atoms with van der Waals surface area (Å²) in [6.45, 7) is 4.60. The van der Waals surface area contributed by atoms with Gasteiger partial charge in [0.05, 0.1) is 32.6 Å². The molecule has 4 aromatic rings. The Hall–Kier alpha value is -4.29. The summed E-state index contributed by atoms with van der Waals surface area (Å²) >= 11 is 0. The van der Waals surface area contributed by atoms with E-state index < -0.39 is 5.54 Å². The molecule has 9 heteroatoms. The van der Waals surface area contributed by atoms with Gasteiger partial charge in [-0.05, 0) is 43.7 Å². The van der Waals surface area contributed by atoms with Crippen LogP contribution in [0.3, 0.4) is 0 Å². The average Bonchev–Trinajstić information content (AvgIpc) is 3.28. The molecule has 0 aliphatic carbocycles. The molecule has 1 atom stereocenters. The van der Waals surface area contributed by atoms with Crippen LogP contribution >= 0.6 is 0 Å². The van der Waals surface area contributed by atoms with Gasteiger partial charge in [0, 0.05) is 29.6 Å². The second-order valence-corrected chi connectivity index (χ2v) is 9.09. The number of ether oxygens (including phenoxy) is 4. The first kappa shape index (κ1) is 23.5. The molecular formula is C27H27N5O4. The molecule has 0 spiro atoms. The van der Waals surface area contributed by atoms with Crippen molar-refractivity contribution >= 4 is 11.2 Å². The van der Waals surface area contributed by atoms with Gasteiger partial charge in [0.15, 0.2) is 23.3 Å². The van der Waals surface area contributed by atoms with Crippen molar-refractivity contribution in [2.75, 3.05) is 20.8 Å². The highest BCUT2D eigenvalue weighted by Gasteiger charge is 2.27. The number of pyridine rings is 2. The highest BCUT2D eigenvalue weighted by Crippen LogP contribution is 2.44. The molecule has 0 radical (unpaired) electrons. The zero-order valence-corrected chi connectivity index (χ0v) is 20.6. The SMILES string of the molecule is COc1ccc(C2COc3cc(Cn4cnc5cc(C#CC(C)(C)N)cnc54)cc(OC)c3O2)cn1. The third kappa shape index (κ3) is 4.90. The van der Waals surface area contributed by atoms with Gasteiger partial charge in [0.25, 0.3) is 0 Å². The van der Waals surface area contributed by atoms with Crippen molar-refractivity contribution in [2.45, 2.75) is 32.0 Å². The average molecular weight is 486 g/mol. The minimum absolute atomic E-state index is 0.306. The summed E-state index contributed by atoms with van der Waals surface area (Å²) in [5.74, 6) is 8.40. The first-order chi connectivity index (χ1) is 17.3. The standard InChI is InChI=1S/C27H27N5O4/c1-27(2,28)8-7-17-9-20-26(30-12-17)32(16-31-20)14-18-10-21(33-3)25-22(11-18)35-15-23(36-25)19-5-6-24(34-4)29-13-19/h5-6,9-13,16,23H,14-15,28H2,1-4H3. The molecule has 0 fully saturated rings. The van der Waals surface area contributed by atoms with Crippen LogP contribution in [0.5, 0.6) is 23.1 Å². The molecule has 1 aromatic carbocycles. The second-order valence-electron chi connectivity index (χ2n) is 9.09. The maximum Gasteiger partial charge on any atom is 0.212 e. The van der Waals surface area contributed by atoms with Gasteiger partial charge in [-0.25, -0.2) is 15.0 Å². The second kappa shape index (κ2) is 9.40. The van der Waals surface area contributed by atoms with E-state index in [0.717, 1.165) is 27.9 Å². The van der Waals surface area contributed by atoms with E-state index in [-0.39, 0.29) is 6.10 Å². The van der Waals surface area contributed by atoms with Gasteiger partial charge < -0.3 is 29.2 Å². The van der Waals surface area contributed by atoms with E-state index >= 15 is 0 Å². The Morgan fingerprint density at radius 3 is 2.69 bits per heavy atom. The van der Waals surface area contributed by atoms with Crippen molar-refractivity contribution in [2.24, 2.45) is 5.73 Å². The number of rotatable bonds is 5. The Balaban J connectivity index is 1.38. The maximum atomic E-state index is 6.25. The number of hydrogen-bond donors (Lipinski definition) is 1. The Labute approximate surface area is 209 Å². The molecule has 9 nitrogen and oxygen atoms in total. The van der Waals surface area contributed by atoms with Crippen LogP contribution < -0.4 is 24.7 Å². The predicted molar refractivity (Wildman–Crippen MR) is 134 cm³/mol. The minimum atomic E-state index is -0.572. The van der Waals surface area contributed by atoms with Crippen LogP contribution in [0, 0.1) is 11.8 Å². The summed E-state index contributed by atoms with van der Waals surface area (Å²) in [5, 5.41) is 0. The molecule has 1 aliphatic heterocycles. The fraction of sp³-hybridized carbons (Fsp3) is 0.296. The molecule has 1 aliphatic rings. The lowest BCUT2D eigenvalue weighted by atomic mass is 10.1. The summed E-state index contributed by atoms with van der Waals surface area (Å²) in [6, 6.07) is 9.51. The van der Waals surface area contributed by atoms with E-state index in [1.54, 1.807) is 39.0 Å². The van der Waals surface area contributed by atoms with Crippen molar-refractivity contribution in [3.63, 3.8) is 0 Å². The summed E-state index contributed by atoms with van der Waals surface area (Å²) in [7, 11) is 3.19. The van der Waals surface area contributed by atoms with Crippen LogP contribution in [0.1, 0.15) is 36.6 Å². The van der Waals surface area contributed by atoms with E-state index in [1.165, 1.54) is 0 Å². The molecule has 0 saturated heterocycles. The maximum absolute atomic E-state index is 6.25.